The minimum atomic E-state index is -3.82. The van der Waals surface area contributed by atoms with Crippen LogP contribution in [-0.4, -0.2) is 27.5 Å². The third-order valence-corrected chi connectivity index (χ3v) is 7.16. The molecule has 0 spiro atoms. The average molecular weight is 535 g/mol. The smallest absolute Gasteiger partial charge is 0.297 e. The van der Waals surface area contributed by atoms with Crippen LogP contribution in [0.4, 0.5) is 11.4 Å². The van der Waals surface area contributed by atoms with Crippen molar-refractivity contribution in [1.82, 2.24) is 0 Å². The number of nitrogens with one attached hydrogen (secondary N) is 2. The number of fused-ring (bicyclic) bond motifs is 1. The lowest BCUT2D eigenvalue weighted by Gasteiger charge is -2.18. The van der Waals surface area contributed by atoms with Gasteiger partial charge in [0, 0.05) is 29.3 Å². The summed E-state index contributed by atoms with van der Waals surface area (Å²) in [6.07, 6.45) is 0. The van der Waals surface area contributed by atoms with Gasteiger partial charge in [-0.2, -0.15) is 8.42 Å². The first kappa shape index (κ1) is 27.1. The molecule has 0 saturated carbocycles. The summed E-state index contributed by atoms with van der Waals surface area (Å²) in [6, 6.07) is 20.2. The zero-order chi connectivity index (χ0) is 27.5. The first-order chi connectivity index (χ1) is 17.9. The van der Waals surface area contributed by atoms with Crippen LogP contribution >= 0.6 is 0 Å². The molecule has 0 saturated heterocycles. The Bertz CT molecular complexity index is 1620. The summed E-state index contributed by atoms with van der Waals surface area (Å²) in [6.45, 7) is 7.52. The molecule has 8 nitrogen and oxygen atoms in total. The van der Waals surface area contributed by atoms with Gasteiger partial charge in [0.1, 0.15) is 11.3 Å². The van der Waals surface area contributed by atoms with Crippen LogP contribution in [0, 0.1) is 12.3 Å². The minimum absolute atomic E-state index is 0.0361. The van der Waals surface area contributed by atoms with Crippen LogP contribution in [-0.2, 0) is 19.1 Å². The molecular weight excluding hydrogens is 504 g/mol. The van der Waals surface area contributed by atoms with Gasteiger partial charge in [-0.3, -0.25) is 13.8 Å². The molecule has 0 fully saturated rings. The van der Waals surface area contributed by atoms with E-state index >= 15 is 0 Å². The Morgan fingerprint density at radius 3 is 2.32 bits per heavy atom. The number of carbonyl (C=O) groups excluding carboxylic acids is 1. The van der Waals surface area contributed by atoms with E-state index in [2.05, 4.69) is 10.6 Å². The maximum Gasteiger partial charge on any atom is 0.297 e. The normalized spacial score (nSPS) is 11.9. The highest BCUT2D eigenvalue weighted by atomic mass is 32.2. The molecule has 0 bridgehead atoms. The van der Waals surface area contributed by atoms with Crippen molar-refractivity contribution < 1.29 is 21.8 Å². The summed E-state index contributed by atoms with van der Waals surface area (Å²) in [5.41, 5.74) is 2.31. The molecule has 2 N–H and O–H groups in total. The van der Waals surface area contributed by atoms with E-state index in [0.717, 1.165) is 11.3 Å². The zero-order valence-corrected chi connectivity index (χ0v) is 22.5. The second kappa shape index (κ2) is 10.8. The van der Waals surface area contributed by atoms with Crippen molar-refractivity contribution in [2.75, 3.05) is 23.8 Å². The Balaban J connectivity index is 1.42. The van der Waals surface area contributed by atoms with E-state index < -0.39 is 15.5 Å². The van der Waals surface area contributed by atoms with E-state index in [1.807, 2.05) is 6.92 Å². The number of hydrogen-bond acceptors (Lipinski definition) is 7. The fourth-order valence-corrected chi connectivity index (χ4v) is 4.55. The summed E-state index contributed by atoms with van der Waals surface area (Å²) in [4.78, 5) is 25.5. The van der Waals surface area contributed by atoms with Crippen molar-refractivity contribution in [3.8, 4) is 11.3 Å². The molecule has 0 aliphatic rings. The third-order valence-electron chi connectivity index (χ3n) is 5.83. The van der Waals surface area contributed by atoms with Gasteiger partial charge >= 0.3 is 0 Å². The highest BCUT2D eigenvalue weighted by molar-refractivity contribution is 7.86. The molecule has 1 heterocycles. The minimum Gasteiger partial charge on any atom is -0.456 e. The fraction of sp³-hybridized carbons (Fsp3) is 0.241. The Morgan fingerprint density at radius 1 is 0.974 bits per heavy atom. The molecule has 0 radical (unpaired) electrons. The molecular formula is C29H30N2O6S. The Morgan fingerprint density at radius 2 is 1.66 bits per heavy atom. The highest BCUT2D eigenvalue weighted by Crippen LogP contribution is 2.28. The number of anilines is 2. The quantitative estimate of drug-likeness (QED) is 0.224. The molecule has 0 atom stereocenters. The largest absolute Gasteiger partial charge is 0.456 e. The molecule has 1 aromatic heterocycles. The van der Waals surface area contributed by atoms with Gasteiger partial charge in [0.15, 0.2) is 5.43 Å². The van der Waals surface area contributed by atoms with E-state index in [1.165, 1.54) is 18.2 Å². The topological polar surface area (TPSA) is 115 Å². The van der Waals surface area contributed by atoms with Crippen molar-refractivity contribution in [2.24, 2.45) is 5.41 Å². The van der Waals surface area contributed by atoms with E-state index in [-0.39, 0.29) is 29.4 Å². The highest BCUT2D eigenvalue weighted by Gasteiger charge is 2.22. The molecule has 9 heteroatoms. The van der Waals surface area contributed by atoms with E-state index in [0.29, 0.717) is 28.0 Å². The number of amides is 1. The SMILES string of the molecule is Cc1ccc(S(=O)(=O)OCCNc2ccc(-c3cc(=O)c4c(NC(=O)C(C)(C)C)cccc4o3)cc2)cc1. The number of aryl methyl sites for hydroxylation is 1. The first-order valence-electron chi connectivity index (χ1n) is 12.1. The van der Waals surface area contributed by atoms with E-state index in [1.54, 1.807) is 75.4 Å². The van der Waals surface area contributed by atoms with Crippen molar-refractivity contribution in [3.05, 3.63) is 88.6 Å². The summed E-state index contributed by atoms with van der Waals surface area (Å²) in [5.74, 6) is 0.190. The molecule has 38 heavy (non-hydrogen) atoms. The van der Waals surface area contributed by atoms with Gasteiger partial charge in [0.05, 0.1) is 22.6 Å². The molecule has 3 aromatic carbocycles. The van der Waals surface area contributed by atoms with Crippen LogP contribution in [0.3, 0.4) is 0 Å². The average Bonchev–Trinajstić information content (AvgIpc) is 2.86. The number of benzene rings is 3. The molecule has 1 amide bonds. The van der Waals surface area contributed by atoms with Gasteiger partial charge < -0.3 is 15.1 Å². The lowest BCUT2D eigenvalue weighted by atomic mass is 9.95. The predicted molar refractivity (Wildman–Crippen MR) is 149 cm³/mol. The van der Waals surface area contributed by atoms with E-state index in [9.17, 15) is 18.0 Å². The second-order valence-electron chi connectivity index (χ2n) is 9.95. The lowest BCUT2D eigenvalue weighted by molar-refractivity contribution is -0.123. The maximum atomic E-state index is 13.0. The zero-order valence-electron chi connectivity index (χ0n) is 21.7. The van der Waals surface area contributed by atoms with Gasteiger partial charge in [-0.1, -0.05) is 44.5 Å². The Labute approximate surface area is 221 Å². The number of rotatable bonds is 8. The molecule has 0 aliphatic heterocycles. The summed E-state index contributed by atoms with van der Waals surface area (Å²) >= 11 is 0. The van der Waals surface area contributed by atoms with E-state index in [4.69, 9.17) is 8.60 Å². The summed E-state index contributed by atoms with van der Waals surface area (Å²) in [7, 11) is -3.82. The molecule has 198 valence electrons. The van der Waals surface area contributed by atoms with Gasteiger partial charge in [-0.15, -0.1) is 0 Å². The van der Waals surface area contributed by atoms with Crippen LogP contribution in [0.5, 0.6) is 0 Å². The lowest BCUT2D eigenvalue weighted by Crippen LogP contribution is -2.28. The Hall–Kier alpha value is -3.95. The molecule has 0 unspecified atom stereocenters. The molecule has 4 aromatic rings. The molecule has 0 aliphatic carbocycles. The van der Waals surface area contributed by atoms with Gasteiger partial charge in [0.25, 0.3) is 10.1 Å². The summed E-state index contributed by atoms with van der Waals surface area (Å²) < 4.78 is 35.7. The summed E-state index contributed by atoms with van der Waals surface area (Å²) in [5, 5.41) is 6.25. The monoisotopic (exact) mass is 534 g/mol. The fourth-order valence-electron chi connectivity index (χ4n) is 3.64. The van der Waals surface area contributed by atoms with Crippen LogP contribution in [0.15, 0.2) is 86.9 Å². The number of hydrogen-bond donors (Lipinski definition) is 2. The van der Waals surface area contributed by atoms with Crippen molar-refractivity contribution in [1.29, 1.82) is 0 Å². The van der Waals surface area contributed by atoms with Crippen LogP contribution < -0.4 is 16.1 Å². The van der Waals surface area contributed by atoms with Crippen molar-refractivity contribution in [3.63, 3.8) is 0 Å². The van der Waals surface area contributed by atoms with Gasteiger partial charge in [-0.05, 0) is 55.5 Å². The van der Waals surface area contributed by atoms with Gasteiger partial charge in [0.2, 0.25) is 5.91 Å². The predicted octanol–water partition coefficient (Wildman–Crippen LogP) is 5.57. The third kappa shape index (κ3) is 6.30. The number of carbonyl (C=O) groups is 1. The van der Waals surface area contributed by atoms with Crippen molar-refractivity contribution >= 4 is 38.4 Å². The maximum absolute atomic E-state index is 13.0. The van der Waals surface area contributed by atoms with Crippen LogP contribution in [0.1, 0.15) is 26.3 Å². The van der Waals surface area contributed by atoms with Gasteiger partial charge in [-0.25, -0.2) is 0 Å². The van der Waals surface area contributed by atoms with Crippen LogP contribution in [0.2, 0.25) is 0 Å². The first-order valence-corrected chi connectivity index (χ1v) is 13.5. The standard InChI is InChI=1S/C29H30N2O6S/c1-19-8-14-22(15-9-19)38(34,35)36-17-16-30-21-12-10-20(11-13-21)26-18-24(32)27-23(6-5-7-25(27)37-26)31-28(33)29(2,3)4/h5-15,18,30H,16-17H2,1-4H3,(H,31,33). The van der Waals surface area contributed by atoms with Crippen molar-refractivity contribution in [2.45, 2.75) is 32.6 Å². The Kier molecular flexibility index (Phi) is 7.71. The molecule has 4 rings (SSSR count). The second-order valence-corrected chi connectivity index (χ2v) is 11.6. The van der Waals surface area contributed by atoms with Crippen LogP contribution in [0.25, 0.3) is 22.3 Å².